The Morgan fingerprint density at radius 1 is 0.810 bits per heavy atom. The van der Waals surface area contributed by atoms with Gasteiger partial charge in [0.25, 0.3) is 0 Å². The first kappa shape index (κ1) is 20.6. The number of Topliss-reactive ketones (excluding diaryl/α,β-unsaturated/α-hetero) is 1. The molecule has 0 rings (SSSR count). The SMILES string of the molecule is CCCCCCCCCCCCC(=O)CCC(C)CCN. The van der Waals surface area contributed by atoms with Gasteiger partial charge in [-0.05, 0) is 31.7 Å². The van der Waals surface area contributed by atoms with Crippen LogP contribution in [-0.2, 0) is 4.79 Å². The van der Waals surface area contributed by atoms with Crippen LogP contribution in [0.4, 0.5) is 0 Å². The summed E-state index contributed by atoms with van der Waals surface area (Å²) < 4.78 is 0. The highest BCUT2D eigenvalue weighted by atomic mass is 16.1. The minimum Gasteiger partial charge on any atom is -0.330 e. The Labute approximate surface area is 133 Å². The lowest BCUT2D eigenvalue weighted by Crippen LogP contribution is -2.08. The third kappa shape index (κ3) is 15.8. The van der Waals surface area contributed by atoms with Gasteiger partial charge >= 0.3 is 0 Å². The van der Waals surface area contributed by atoms with Crippen molar-refractivity contribution in [3.8, 4) is 0 Å². The molecule has 0 aliphatic rings. The van der Waals surface area contributed by atoms with Crippen LogP contribution in [0.25, 0.3) is 0 Å². The van der Waals surface area contributed by atoms with E-state index in [0.717, 1.165) is 38.6 Å². The first-order valence-electron chi connectivity index (χ1n) is 9.42. The molecule has 0 saturated heterocycles. The minimum atomic E-state index is 0.457. The normalized spacial score (nSPS) is 12.5. The second-order valence-corrected chi connectivity index (χ2v) is 6.69. The molecule has 2 nitrogen and oxygen atoms in total. The van der Waals surface area contributed by atoms with Crippen LogP contribution < -0.4 is 5.73 Å². The average Bonchev–Trinajstić information content (AvgIpc) is 2.47. The highest BCUT2D eigenvalue weighted by Crippen LogP contribution is 2.14. The largest absolute Gasteiger partial charge is 0.330 e. The first-order chi connectivity index (χ1) is 10.2. The lowest BCUT2D eigenvalue weighted by atomic mass is 9.98. The molecular weight excluding hydrogens is 258 g/mol. The summed E-state index contributed by atoms with van der Waals surface area (Å²) in [6, 6.07) is 0. The lowest BCUT2D eigenvalue weighted by Gasteiger charge is -2.08. The van der Waals surface area contributed by atoms with Gasteiger partial charge in [-0.15, -0.1) is 0 Å². The van der Waals surface area contributed by atoms with Crippen LogP contribution in [0.1, 0.15) is 104 Å². The van der Waals surface area contributed by atoms with E-state index in [2.05, 4.69) is 13.8 Å². The Kier molecular flexibility index (Phi) is 15.7. The molecule has 21 heavy (non-hydrogen) atoms. The quantitative estimate of drug-likeness (QED) is 0.375. The van der Waals surface area contributed by atoms with E-state index in [-0.39, 0.29) is 0 Å². The van der Waals surface area contributed by atoms with Gasteiger partial charge in [0.1, 0.15) is 5.78 Å². The fraction of sp³-hybridized carbons (Fsp3) is 0.947. The van der Waals surface area contributed by atoms with Crippen molar-refractivity contribution in [3.63, 3.8) is 0 Å². The number of unbranched alkanes of at least 4 members (excludes halogenated alkanes) is 9. The Hall–Kier alpha value is -0.370. The molecule has 2 N–H and O–H groups in total. The van der Waals surface area contributed by atoms with Gasteiger partial charge in [0.05, 0.1) is 0 Å². The summed E-state index contributed by atoms with van der Waals surface area (Å²) in [5.41, 5.74) is 5.52. The standard InChI is InChI=1S/C19H39NO/c1-3-4-5-6-7-8-9-10-11-12-13-19(21)15-14-18(2)16-17-20/h18H,3-17,20H2,1-2H3. The van der Waals surface area contributed by atoms with Crippen molar-refractivity contribution in [1.29, 1.82) is 0 Å². The van der Waals surface area contributed by atoms with Gasteiger partial charge in [-0.3, -0.25) is 4.79 Å². The van der Waals surface area contributed by atoms with Gasteiger partial charge in [0.2, 0.25) is 0 Å². The smallest absolute Gasteiger partial charge is 0.132 e. The summed E-state index contributed by atoms with van der Waals surface area (Å²) in [6.45, 7) is 5.20. The van der Waals surface area contributed by atoms with E-state index in [1.54, 1.807) is 0 Å². The molecule has 1 unspecified atom stereocenters. The van der Waals surface area contributed by atoms with E-state index in [1.807, 2.05) is 0 Å². The second-order valence-electron chi connectivity index (χ2n) is 6.69. The number of rotatable bonds is 16. The maximum atomic E-state index is 11.8. The zero-order valence-corrected chi connectivity index (χ0v) is 14.7. The van der Waals surface area contributed by atoms with E-state index in [4.69, 9.17) is 5.73 Å². The van der Waals surface area contributed by atoms with Crippen LogP contribution in [0.5, 0.6) is 0 Å². The van der Waals surface area contributed by atoms with E-state index < -0.39 is 0 Å². The zero-order chi connectivity index (χ0) is 15.8. The summed E-state index contributed by atoms with van der Waals surface area (Å²) in [4.78, 5) is 11.8. The summed E-state index contributed by atoms with van der Waals surface area (Å²) in [5.74, 6) is 1.06. The Balaban J connectivity index is 3.21. The number of carbonyl (C=O) groups is 1. The molecule has 0 radical (unpaired) electrons. The van der Waals surface area contributed by atoms with E-state index in [0.29, 0.717) is 11.7 Å². The van der Waals surface area contributed by atoms with Crippen LogP contribution in [0.3, 0.4) is 0 Å². The summed E-state index contributed by atoms with van der Waals surface area (Å²) in [5, 5.41) is 0. The Morgan fingerprint density at radius 3 is 1.86 bits per heavy atom. The fourth-order valence-electron chi connectivity index (χ4n) is 2.77. The van der Waals surface area contributed by atoms with Crippen molar-refractivity contribution >= 4 is 5.78 Å². The summed E-state index contributed by atoms with van der Waals surface area (Å²) in [7, 11) is 0. The van der Waals surface area contributed by atoms with Gasteiger partial charge in [-0.2, -0.15) is 0 Å². The van der Waals surface area contributed by atoms with Gasteiger partial charge in [0, 0.05) is 12.8 Å². The molecule has 0 aromatic carbocycles. The molecule has 0 saturated carbocycles. The van der Waals surface area contributed by atoms with E-state index >= 15 is 0 Å². The molecule has 0 aliphatic heterocycles. The topological polar surface area (TPSA) is 43.1 Å². The number of carbonyl (C=O) groups excluding carboxylic acids is 1. The zero-order valence-electron chi connectivity index (χ0n) is 14.7. The second kappa shape index (κ2) is 16.0. The van der Waals surface area contributed by atoms with Gasteiger partial charge in [-0.1, -0.05) is 71.6 Å². The first-order valence-corrected chi connectivity index (χ1v) is 9.42. The molecular formula is C19H39NO. The molecule has 0 fully saturated rings. The number of hydrogen-bond acceptors (Lipinski definition) is 2. The van der Waals surface area contributed by atoms with Crippen LogP contribution >= 0.6 is 0 Å². The molecule has 0 aromatic heterocycles. The maximum absolute atomic E-state index is 11.8. The summed E-state index contributed by atoms with van der Waals surface area (Å²) >= 11 is 0. The van der Waals surface area contributed by atoms with Gasteiger partial charge in [0.15, 0.2) is 0 Å². The number of hydrogen-bond donors (Lipinski definition) is 1. The molecule has 0 aliphatic carbocycles. The predicted octanol–water partition coefficient (Wildman–Crippen LogP) is 5.63. The van der Waals surface area contributed by atoms with Crippen molar-refractivity contribution in [3.05, 3.63) is 0 Å². The van der Waals surface area contributed by atoms with Crippen LogP contribution in [0.2, 0.25) is 0 Å². The Morgan fingerprint density at radius 2 is 1.33 bits per heavy atom. The third-order valence-electron chi connectivity index (χ3n) is 4.38. The molecule has 1 atom stereocenters. The molecule has 0 amide bonds. The van der Waals surface area contributed by atoms with Crippen molar-refractivity contribution in [2.75, 3.05) is 6.54 Å². The molecule has 0 bridgehead atoms. The predicted molar refractivity (Wildman–Crippen MR) is 93.5 cm³/mol. The molecule has 2 heteroatoms. The highest BCUT2D eigenvalue weighted by molar-refractivity contribution is 5.78. The van der Waals surface area contributed by atoms with Crippen molar-refractivity contribution < 1.29 is 4.79 Å². The highest BCUT2D eigenvalue weighted by Gasteiger charge is 2.06. The number of ketones is 1. The van der Waals surface area contributed by atoms with Gasteiger partial charge in [-0.25, -0.2) is 0 Å². The minimum absolute atomic E-state index is 0.457. The van der Waals surface area contributed by atoms with Crippen LogP contribution in [0, 0.1) is 5.92 Å². The fourth-order valence-corrected chi connectivity index (χ4v) is 2.77. The Bertz CT molecular complexity index is 228. The molecule has 0 spiro atoms. The van der Waals surface area contributed by atoms with Gasteiger partial charge < -0.3 is 5.73 Å². The van der Waals surface area contributed by atoms with Crippen LogP contribution in [0.15, 0.2) is 0 Å². The van der Waals surface area contributed by atoms with Crippen molar-refractivity contribution in [2.45, 2.75) is 104 Å². The van der Waals surface area contributed by atoms with Crippen molar-refractivity contribution in [1.82, 2.24) is 0 Å². The monoisotopic (exact) mass is 297 g/mol. The molecule has 0 aromatic rings. The van der Waals surface area contributed by atoms with Crippen LogP contribution in [-0.4, -0.2) is 12.3 Å². The average molecular weight is 298 g/mol. The summed E-state index contributed by atoms with van der Waals surface area (Å²) in [6.07, 6.45) is 17.0. The third-order valence-corrected chi connectivity index (χ3v) is 4.38. The van der Waals surface area contributed by atoms with E-state index in [9.17, 15) is 4.79 Å². The van der Waals surface area contributed by atoms with E-state index in [1.165, 1.54) is 57.8 Å². The molecule has 0 heterocycles. The lowest BCUT2D eigenvalue weighted by molar-refractivity contribution is -0.119. The van der Waals surface area contributed by atoms with Crippen molar-refractivity contribution in [2.24, 2.45) is 11.7 Å². The maximum Gasteiger partial charge on any atom is 0.132 e. The molecule has 126 valence electrons. The number of nitrogens with two attached hydrogens (primary N) is 1.